The van der Waals surface area contributed by atoms with E-state index >= 15 is 0 Å². The Morgan fingerprint density at radius 2 is 2.04 bits per heavy atom. The maximum atomic E-state index is 12.1. The molecular weight excluding hydrogens is 416 g/mol. The number of carbonyl (C=O) groups excluding carboxylic acids is 1. The van der Waals surface area contributed by atoms with E-state index < -0.39 is 0 Å². The molecule has 0 radical (unpaired) electrons. The molecule has 1 amide bonds. The van der Waals surface area contributed by atoms with Crippen molar-refractivity contribution in [3.05, 3.63) is 52.5 Å². The predicted octanol–water partition coefficient (Wildman–Crippen LogP) is 4.28. The third-order valence-corrected chi connectivity index (χ3v) is 4.96. The second-order valence-electron chi connectivity index (χ2n) is 5.49. The number of benzene rings is 2. The van der Waals surface area contributed by atoms with E-state index in [1.54, 1.807) is 7.11 Å². The van der Waals surface area contributed by atoms with Crippen molar-refractivity contribution in [3.63, 3.8) is 0 Å². The van der Waals surface area contributed by atoms with Crippen molar-refractivity contribution < 1.29 is 9.53 Å². The largest absolute Gasteiger partial charge is 0.497 e. The molecule has 0 saturated heterocycles. The number of amides is 1. The van der Waals surface area contributed by atoms with Crippen LogP contribution in [0.3, 0.4) is 0 Å². The van der Waals surface area contributed by atoms with Gasteiger partial charge in [-0.2, -0.15) is 0 Å². The maximum absolute atomic E-state index is 12.1. The summed E-state index contributed by atoms with van der Waals surface area (Å²) in [5, 5.41) is 10.5. The molecule has 0 aliphatic heterocycles. The number of carbonyl (C=O) groups is 1. The third-order valence-electron chi connectivity index (χ3n) is 3.62. The molecule has 0 bridgehead atoms. The first-order valence-corrected chi connectivity index (χ1v) is 9.58. The molecule has 0 unspecified atom stereocenters. The molecule has 6 nitrogen and oxygen atoms in total. The van der Waals surface area contributed by atoms with Gasteiger partial charge in [0.15, 0.2) is 5.82 Å². The van der Waals surface area contributed by atoms with Crippen LogP contribution < -0.4 is 10.1 Å². The van der Waals surface area contributed by atoms with E-state index in [0.717, 1.165) is 27.0 Å². The number of ether oxygens (including phenoxy) is 1. The lowest BCUT2D eigenvalue weighted by Crippen LogP contribution is -2.14. The minimum atomic E-state index is -0.101. The SMILES string of the molecule is COc1ccc(-c2nc(SCC(=O)Nc3ccc(Br)cc3C)n[nH]2)cc1. The van der Waals surface area contributed by atoms with E-state index in [1.165, 1.54) is 11.8 Å². The van der Waals surface area contributed by atoms with Crippen molar-refractivity contribution in [3.8, 4) is 17.1 Å². The van der Waals surface area contributed by atoms with Crippen molar-refractivity contribution >= 4 is 39.3 Å². The van der Waals surface area contributed by atoms with Gasteiger partial charge in [0.1, 0.15) is 5.75 Å². The third kappa shape index (κ3) is 4.64. The molecule has 0 saturated carbocycles. The lowest BCUT2D eigenvalue weighted by atomic mass is 10.2. The van der Waals surface area contributed by atoms with Crippen molar-refractivity contribution in [2.24, 2.45) is 0 Å². The zero-order chi connectivity index (χ0) is 18.5. The molecule has 0 spiro atoms. The predicted molar refractivity (Wildman–Crippen MR) is 107 cm³/mol. The molecule has 134 valence electrons. The molecule has 1 heterocycles. The smallest absolute Gasteiger partial charge is 0.234 e. The van der Waals surface area contributed by atoms with Crippen molar-refractivity contribution in [1.29, 1.82) is 0 Å². The fraction of sp³-hybridized carbons (Fsp3) is 0.167. The number of thioether (sulfide) groups is 1. The molecule has 0 atom stereocenters. The summed E-state index contributed by atoms with van der Waals surface area (Å²) in [7, 11) is 1.62. The summed E-state index contributed by atoms with van der Waals surface area (Å²) < 4.78 is 6.12. The molecule has 8 heteroatoms. The van der Waals surface area contributed by atoms with Crippen LogP contribution >= 0.6 is 27.7 Å². The summed E-state index contributed by atoms with van der Waals surface area (Å²) >= 11 is 4.69. The Balaban J connectivity index is 1.58. The van der Waals surface area contributed by atoms with E-state index in [-0.39, 0.29) is 11.7 Å². The van der Waals surface area contributed by atoms with Crippen LogP contribution in [0.15, 0.2) is 52.1 Å². The molecule has 2 aromatic carbocycles. The molecule has 26 heavy (non-hydrogen) atoms. The van der Waals surface area contributed by atoms with Gasteiger partial charge in [-0.1, -0.05) is 27.7 Å². The number of halogens is 1. The van der Waals surface area contributed by atoms with Gasteiger partial charge in [0.2, 0.25) is 11.1 Å². The second kappa shape index (κ2) is 8.37. The number of nitrogens with one attached hydrogen (secondary N) is 2. The highest BCUT2D eigenvalue weighted by molar-refractivity contribution is 9.10. The van der Waals surface area contributed by atoms with Crippen molar-refractivity contribution in [2.45, 2.75) is 12.1 Å². The van der Waals surface area contributed by atoms with Gasteiger partial charge in [-0.15, -0.1) is 5.10 Å². The Labute approximate surface area is 163 Å². The lowest BCUT2D eigenvalue weighted by molar-refractivity contribution is -0.113. The van der Waals surface area contributed by atoms with Crippen LogP contribution in [-0.4, -0.2) is 34.0 Å². The van der Waals surface area contributed by atoms with E-state index in [4.69, 9.17) is 4.74 Å². The van der Waals surface area contributed by atoms with Crippen LogP contribution in [0.1, 0.15) is 5.56 Å². The summed E-state index contributed by atoms with van der Waals surface area (Å²) in [6.07, 6.45) is 0. The number of aromatic amines is 1. The Bertz CT molecular complexity index is 912. The molecule has 0 fully saturated rings. The Hall–Kier alpha value is -2.32. The summed E-state index contributed by atoms with van der Waals surface area (Å²) in [5.74, 6) is 1.56. The van der Waals surface area contributed by atoms with Gasteiger partial charge in [-0.05, 0) is 55.0 Å². The Morgan fingerprint density at radius 1 is 1.27 bits per heavy atom. The van der Waals surface area contributed by atoms with E-state index in [2.05, 4.69) is 36.4 Å². The number of nitrogens with zero attached hydrogens (tertiary/aromatic N) is 2. The van der Waals surface area contributed by atoms with Gasteiger partial charge in [0.25, 0.3) is 0 Å². The van der Waals surface area contributed by atoms with Gasteiger partial charge >= 0.3 is 0 Å². The number of anilines is 1. The van der Waals surface area contributed by atoms with E-state index in [9.17, 15) is 4.79 Å². The summed E-state index contributed by atoms with van der Waals surface area (Å²) in [6.45, 7) is 1.95. The van der Waals surface area contributed by atoms with Gasteiger partial charge in [-0.25, -0.2) is 4.98 Å². The average Bonchev–Trinajstić information content (AvgIpc) is 3.11. The van der Waals surface area contributed by atoms with Crippen molar-refractivity contribution in [1.82, 2.24) is 15.2 Å². The van der Waals surface area contributed by atoms with E-state index in [0.29, 0.717) is 11.0 Å². The zero-order valence-electron chi connectivity index (χ0n) is 14.2. The van der Waals surface area contributed by atoms with Crippen LogP contribution in [0, 0.1) is 6.92 Å². The van der Waals surface area contributed by atoms with Crippen LogP contribution in [0.25, 0.3) is 11.4 Å². The minimum Gasteiger partial charge on any atom is -0.497 e. The summed E-state index contributed by atoms with van der Waals surface area (Å²) in [6, 6.07) is 13.2. The molecule has 3 rings (SSSR count). The summed E-state index contributed by atoms with van der Waals surface area (Å²) in [4.78, 5) is 16.6. The van der Waals surface area contributed by atoms with Crippen LogP contribution in [0.2, 0.25) is 0 Å². The van der Waals surface area contributed by atoms with Gasteiger partial charge in [-0.3, -0.25) is 9.89 Å². The van der Waals surface area contributed by atoms with Crippen LogP contribution in [0.4, 0.5) is 5.69 Å². The topological polar surface area (TPSA) is 79.9 Å². The maximum Gasteiger partial charge on any atom is 0.234 e. The van der Waals surface area contributed by atoms with Crippen LogP contribution in [-0.2, 0) is 4.79 Å². The second-order valence-corrected chi connectivity index (χ2v) is 7.35. The number of aromatic nitrogens is 3. The van der Waals surface area contributed by atoms with Gasteiger partial charge < -0.3 is 10.1 Å². The number of hydrogen-bond acceptors (Lipinski definition) is 5. The number of rotatable bonds is 6. The number of aryl methyl sites for hydroxylation is 1. The molecule has 1 aromatic heterocycles. The highest BCUT2D eigenvalue weighted by atomic mass is 79.9. The van der Waals surface area contributed by atoms with Crippen LogP contribution in [0.5, 0.6) is 5.75 Å². The lowest BCUT2D eigenvalue weighted by Gasteiger charge is -2.07. The minimum absolute atomic E-state index is 0.101. The standard InChI is InChI=1S/C18H17BrN4O2S/c1-11-9-13(19)5-8-15(11)20-16(24)10-26-18-21-17(22-23-18)12-3-6-14(25-2)7-4-12/h3-9H,10H2,1-2H3,(H,20,24)(H,21,22,23). The van der Waals surface area contributed by atoms with Crippen molar-refractivity contribution in [2.75, 3.05) is 18.2 Å². The average molecular weight is 433 g/mol. The fourth-order valence-electron chi connectivity index (χ4n) is 2.27. The number of methoxy groups -OCH3 is 1. The molecule has 2 N–H and O–H groups in total. The first-order valence-electron chi connectivity index (χ1n) is 7.81. The Kier molecular flexibility index (Phi) is 5.95. The van der Waals surface area contributed by atoms with Gasteiger partial charge in [0, 0.05) is 15.7 Å². The summed E-state index contributed by atoms with van der Waals surface area (Å²) in [5.41, 5.74) is 2.70. The fourth-order valence-corrected chi connectivity index (χ4v) is 3.35. The quantitative estimate of drug-likeness (QED) is 0.568. The molecule has 0 aliphatic rings. The highest BCUT2D eigenvalue weighted by Gasteiger charge is 2.10. The first-order chi connectivity index (χ1) is 12.5. The number of H-pyrrole nitrogens is 1. The Morgan fingerprint density at radius 3 is 2.73 bits per heavy atom. The van der Waals surface area contributed by atoms with E-state index in [1.807, 2.05) is 49.4 Å². The normalized spacial score (nSPS) is 10.6. The monoisotopic (exact) mass is 432 g/mol. The number of hydrogen-bond donors (Lipinski definition) is 2. The van der Waals surface area contributed by atoms with Gasteiger partial charge in [0.05, 0.1) is 12.9 Å². The molecule has 0 aliphatic carbocycles. The first kappa shape index (κ1) is 18.5. The molecule has 3 aromatic rings. The highest BCUT2D eigenvalue weighted by Crippen LogP contribution is 2.23. The zero-order valence-corrected chi connectivity index (χ0v) is 16.6. The molecular formula is C18H17BrN4O2S.